The number of nitrogens with one attached hydrogen (secondary N) is 2. The first-order chi connectivity index (χ1) is 25.4. The summed E-state index contributed by atoms with van der Waals surface area (Å²) in [5.74, 6) is 0.321. The number of anilines is 2. The molecule has 3 atom stereocenters. The van der Waals surface area contributed by atoms with E-state index in [1.54, 1.807) is 41.9 Å². The first-order valence-corrected chi connectivity index (χ1v) is 18.1. The van der Waals surface area contributed by atoms with E-state index in [4.69, 9.17) is 18.9 Å². The van der Waals surface area contributed by atoms with Gasteiger partial charge in [-0.15, -0.1) is 0 Å². The lowest BCUT2D eigenvalue weighted by atomic mass is 9.80. The van der Waals surface area contributed by atoms with Crippen molar-refractivity contribution in [2.45, 2.75) is 58.2 Å². The van der Waals surface area contributed by atoms with E-state index in [0.717, 1.165) is 16.7 Å². The Morgan fingerprint density at radius 1 is 0.868 bits per heavy atom. The van der Waals surface area contributed by atoms with Crippen LogP contribution in [-0.2, 0) is 24.7 Å². The number of amides is 2. The fourth-order valence-corrected chi connectivity index (χ4v) is 6.69. The van der Waals surface area contributed by atoms with Gasteiger partial charge in [-0.25, -0.2) is 4.68 Å². The second kappa shape index (κ2) is 16.0. The SMILES string of the molecule is COc1ccc(C(OC[C@H]2O[C@@H](n3nc(Br)c4c(NC(=O)C(C)C)nc(NC(=O)C(C)C)nc43)C[C@@H]2O)(c2ccccc2)c2ccc(OC)cc2)cc1. The molecule has 13 nitrogen and oxygen atoms in total. The summed E-state index contributed by atoms with van der Waals surface area (Å²) in [5.41, 5.74) is 1.71. The Morgan fingerprint density at radius 3 is 1.96 bits per heavy atom. The molecule has 1 aliphatic heterocycles. The average Bonchev–Trinajstić information content (AvgIpc) is 3.70. The molecule has 2 aromatic heterocycles. The smallest absolute Gasteiger partial charge is 0.233 e. The summed E-state index contributed by atoms with van der Waals surface area (Å²) in [4.78, 5) is 34.5. The number of hydrogen-bond donors (Lipinski definition) is 3. The van der Waals surface area contributed by atoms with E-state index in [0.29, 0.717) is 27.1 Å². The maximum Gasteiger partial charge on any atom is 0.233 e. The van der Waals surface area contributed by atoms with Gasteiger partial charge in [0.05, 0.1) is 32.3 Å². The van der Waals surface area contributed by atoms with Crippen molar-refractivity contribution in [1.82, 2.24) is 19.7 Å². The summed E-state index contributed by atoms with van der Waals surface area (Å²) >= 11 is 3.52. The molecule has 1 aliphatic rings. The fraction of sp³-hybridized carbons (Fsp3) is 0.359. The van der Waals surface area contributed by atoms with Crippen LogP contribution in [0.1, 0.15) is 57.0 Å². The van der Waals surface area contributed by atoms with Crippen molar-refractivity contribution >= 4 is 50.5 Å². The van der Waals surface area contributed by atoms with Gasteiger partial charge in [-0.3, -0.25) is 14.9 Å². The zero-order valence-electron chi connectivity index (χ0n) is 30.4. The van der Waals surface area contributed by atoms with Gasteiger partial charge in [0.1, 0.15) is 27.8 Å². The molecule has 3 N–H and O–H groups in total. The predicted octanol–water partition coefficient (Wildman–Crippen LogP) is 6.45. The topological polar surface area (TPSA) is 159 Å². The van der Waals surface area contributed by atoms with E-state index in [1.807, 2.05) is 78.9 Å². The van der Waals surface area contributed by atoms with Crippen LogP contribution in [0.2, 0.25) is 0 Å². The third-order valence-corrected chi connectivity index (χ3v) is 9.70. The number of fused-ring (bicyclic) bond motifs is 1. The van der Waals surface area contributed by atoms with Crippen LogP contribution in [0.4, 0.5) is 11.8 Å². The molecule has 14 heteroatoms. The molecule has 0 spiro atoms. The molecule has 6 rings (SSSR count). The molecule has 3 heterocycles. The molecular formula is C39H43BrN6O7. The van der Waals surface area contributed by atoms with E-state index in [9.17, 15) is 14.7 Å². The normalized spacial score (nSPS) is 17.4. The fourth-order valence-electron chi connectivity index (χ4n) is 6.15. The molecule has 278 valence electrons. The van der Waals surface area contributed by atoms with Crippen molar-refractivity contribution in [3.8, 4) is 11.5 Å². The standard InChI is InChI=1S/C39H43BrN6O7/c1-22(2)36(48)41-34-32-33(40)45-46(35(32)43-38(42-34)44-37(49)23(3)4)31-20-29(47)30(53-31)21-52-39(24-10-8-7-9-11-24,25-12-16-27(50-5)17-13-25)26-14-18-28(51-6)19-15-26/h7-19,22-23,29-31,47H,20-21H2,1-6H3,(H2,41,42,43,44,48,49)/t29-,30+,31+/m0/s1. The summed E-state index contributed by atoms with van der Waals surface area (Å²) in [6.07, 6.45) is -2.34. The molecule has 0 aliphatic carbocycles. The Bertz CT molecular complexity index is 2010. The number of carbonyl (C=O) groups excluding carboxylic acids is 2. The monoisotopic (exact) mass is 786 g/mol. The van der Waals surface area contributed by atoms with Gasteiger partial charge in [0, 0.05) is 18.3 Å². The molecule has 0 bridgehead atoms. The second-order valence-electron chi connectivity index (χ2n) is 13.4. The number of nitrogens with zero attached hydrogens (tertiary/aromatic N) is 4. The van der Waals surface area contributed by atoms with Crippen molar-refractivity contribution in [3.63, 3.8) is 0 Å². The summed E-state index contributed by atoms with van der Waals surface area (Å²) in [6.45, 7) is 7.02. The number of ether oxygens (including phenoxy) is 4. The van der Waals surface area contributed by atoms with Crippen LogP contribution in [0.25, 0.3) is 11.0 Å². The minimum absolute atomic E-state index is 0.00559. The van der Waals surface area contributed by atoms with Gasteiger partial charge in [0.15, 0.2) is 17.7 Å². The number of halogens is 1. The summed E-state index contributed by atoms with van der Waals surface area (Å²) in [6, 6.07) is 25.2. The van der Waals surface area contributed by atoms with Gasteiger partial charge < -0.3 is 29.4 Å². The van der Waals surface area contributed by atoms with Crippen LogP contribution in [0.5, 0.6) is 11.5 Å². The van der Waals surface area contributed by atoms with Crippen LogP contribution in [0.15, 0.2) is 83.5 Å². The number of hydrogen-bond acceptors (Lipinski definition) is 10. The minimum Gasteiger partial charge on any atom is -0.497 e. The van der Waals surface area contributed by atoms with E-state index < -0.39 is 24.0 Å². The number of benzene rings is 3. The van der Waals surface area contributed by atoms with Gasteiger partial charge in [0.25, 0.3) is 0 Å². The molecule has 1 saturated heterocycles. The number of carbonyl (C=O) groups is 2. The highest BCUT2D eigenvalue weighted by Gasteiger charge is 2.43. The van der Waals surface area contributed by atoms with Crippen LogP contribution in [-0.4, -0.2) is 69.7 Å². The van der Waals surface area contributed by atoms with Crippen LogP contribution in [0, 0.1) is 11.8 Å². The Hall–Kier alpha value is -4.89. The molecule has 1 fully saturated rings. The van der Waals surface area contributed by atoms with Crippen LogP contribution in [0.3, 0.4) is 0 Å². The second-order valence-corrected chi connectivity index (χ2v) is 14.1. The van der Waals surface area contributed by atoms with Gasteiger partial charge >= 0.3 is 0 Å². The van der Waals surface area contributed by atoms with E-state index >= 15 is 0 Å². The van der Waals surface area contributed by atoms with Crippen LogP contribution >= 0.6 is 15.9 Å². The van der Waals surface area contributed by atoms with Crippen molar-refractivity contribution in [2.24, 2.45) is 11.8 Å². The van der Waals surface area contributed by atoms with Crippen molar-refractivity contribution < 1.29 is 33.6 Å². The van der Waals surface area contributed by atoms with E-state index in [1.165, 1.54) is 4.68 Å². The van der Waals surface area contributed by atoms with Crippen LogP contribution < -0.4 is 20.1 Å². The molecule has 0 saturated carbocycles. The molecule has 3 aromatic carbocycles. The summed E-state index contributed by atoms with van der Waals surface area (Å²) in [5, 5.41) is 22.1. The summed E-state index contributed by atoms with van der Waals surface area (Å²) < 4.78 is 26.3. The average molecular weight is 788 g/mol. The highest BCUT2D eigenvalue weighted by molar-refractivity contribution is 9.10. The molecule has 0 unspecified atom stereocenters. The zero-order valence-corrected chi connectivity index (χ0v) is 32.0. The lowest BCUT2D eigenvalue weighted by molar-refractivity contribution is -0.119. The Kier molecular flexibility index (Phi) is 11.4. The number of rotatable bonds is 13. The Labute approximate surface area is 316 Å². The quantitative estimate of drug-likeness (QED) is 0.113. The number of methoxy groups -OCH3 is 2. The van der Waals surface area contributed by atoms with Gasteiger partial charge in [0.2, 0.25) is 17.8 Å². The minimum atomic E-state index is -1.12. The first-order valence-electron chi connectivity index (χ1n) is 17.3. The number of aliphatic hydroxyl groups excluding tert-OH is 1. The zero-order chi connectivity index (χ0) is 37.9. The summed E-state index contributed by atoms with van der Waals surface area (Å²) in [7, 11) is 3.24. The third kappa shape index (κ3) is 7.77. The van der Waals surface area contributed by atoms with Crippen molar-refractivity contribution in [1.29, 1.82) is 0 Å². The maximum atomic E-state index is 12.8. The predicted molar refractivity (Wildman–Crippen MR) is 203 cm³/mol. The lowest BCUT2D eigenvalue weighted by Crippen LogP contribution is -2.38. The molecule has 53 heavy (non-hydrogen) atoms. The number of aromatic nitrogens is 4. The van der Waals surface area contributed by atoms with Crippen molar-refractivity contribution in [2.75, 3.05) is 31.5 Å². The third-order valence-electron chi connectivity index (χ3n) is 9.15. The molecule has 5 aromatic rings. The highest BCUT2D eigenvalue weighted by Crippen LogP contribution is 2.43. The molecule has 2 amide bonds. The lowest BCUT2D eigenvalue weighted by Gasteiger charge is -2.37. The van der Waals surface area contributed by atoms with Gasteiger partial charge in [-0.05, 0) is 56.9 Å². The van der Waals surface area contributed by atoms with Crippen molar-refractivity contribution in [3.05, 3.63) is 100 Å². The molecule has 0 radical (unpaired) electrons. The molecular weight excluding hydrogens is 744 g/mol. The maximum absolute atomic E-state index is 12.8. The highest BCUT2D eigenvalue weighted by atomic mass is 79.9. The van der Waals surface area contributed by atoms with Gasteiger partial charge in [-0.1, -0.05) is 82.3 Å². The van der Waals surface area contributed by atoms with E-state index in [2.05, 4.69) is 41.6 Å². The van der Waals surface area contributed by atoms with Gasteiger partial charge in [-0.2, -0.15) is 15.1 Å². The number of aliphatic hydroxyl groups is 1. The first kappa shape index (κ1) is 37.9. The Balaban J connectivity index is 1.37. The van der Waals surface area contributed by atoms with E-state index in [-0.39, 0.29) is 48.4 Å². The largest absolute Gasteiger partial charge is 0.497 e. The Morgan fingerprint density at radius 2 is 1.42 bits per heavy atom.